The molecule has 0 saturated carbocycles. The number of piperidine rings is 1. The van der Waals surface area contributed by atoms with Gasteiger partial charge >= 0.3 is 0 Å². The molecule has 2 rings (SSSR count). The van der Waals surface area contributed by atoms with E-state index in [1.807, 2.05) is 0 Å². The van der Waals surface area contributed by atoms with Crippen LogP contribution in [0.5, 0.6) is 5.75 Å². The second kappa shape index (κ2) is 4.67. The minimum absolute atomic E-state index is 0.270. The Bertz CT molecular complexity index is 436. The van der Waals surface area contributed by atoms with E-state index in [2.05, 4.69) is 18.7 Å². The van der Waals surface area contributed by atoms with Crippen molar-refractivity contribution >= 4 is 11.4 Å². The molecular formula is C14H21FN2O. The molecule has 0 radical (unpaired) electrons. The van der Waals surface area contributed by atoms with Gasteiger partial charge in [0.1, 0.15) is 11.6 Å². The highest BCUT2D eigenvalue weighted by atomic mass is 19.1. The van der Waals surface area contributed by atoms with Gasteiger partial charge in [0.25, 0.3) is 0 Å². The maximum atomic E-state index is 14.0. The van der Waals surface area contributed by atoms with Crippen LogP contribution in [0.4, 0.5) is 15.8 Å². The lowest BCUT2D eigenvalue weighted by Gasteiger charge is -2.38. The van der Waals surface area contributed by atoms with Crippen LogP contribution >= 0.6 is 0 Å². The molecular weight excluding hydrogens is 231 g/mol. The lowest BCUT2D eigenvalue weighted by atomic mass is 9.82. The molecule has 0 aromatic heterocycles. The first-order valence-electron chi connectivity index (χ1n) is 6.31. The predicted molar refractivity (Wildman–Crippen MR) is 72.6 cm³/mol. The Hall–Kier alpha value is -1.45. The molecule has 4 heteroatoms. The van der Waals surface area contributed by atoms with Gasteiger partial charge in [-0.15, -0.1) is 0 Å². The fraction of sp³-hybridized carbons (Fsp3) is 0.571. The van der Waals surface area contributed by atoms with Crippen molar-refractivity contribution in [1.29, 1.82) is 0 Å². The first kappa shape index (κ1) is 13.0. The van der Waals surface area contributed by atoms with Gasteiger partial charge in [0.2, 0.25) is 0 Å². The van der Waals surface area contributed by atoms with Crippen molar-refractivity contribution in [2.24, 2.45) is 5.41 Å². The molecule has 1 saturated heterocycles. The van der Waals surface area contributed by atoms with Gasteiger partial charge in [0, 0.05) is 25.2 Å². The summed E-state index contributed by atoms with van der Waals surface area (Å²) in [6, 6.07) is 3.04. The molecule has 1 aliphatic rings. The molecule has 18 heavy (non-hydrogen) atoms. The Balaban J connectivity index is 2.24. The number of ether oxygens (including phenoxy) is 1. The SMILES string of the molecule is COc1cc(N2CCC(C)(C)CC2)c(F)cc1N. The summed E-state index contributed by atoms with van der Waals surface area (Å²) >= 11 is 0. The van der Waals surface area contributed by atoms with E-state index in [-0.39, 0.29) is 5.82 Å². The van der Waals surface area contributed by atoms with E-state index < -0.39 is 0 Å². The number of anilines is 2. The number of hydrogen-bond acceptors (Lipinski definition) is 3. The molecule has 0 atom stereocenters. The highest BCUT2D eigenvalue weighted by Crippen LogP contribution is 2.36. The van der Waals surface area contributed by atoms with E-state index in [0.29, 0.717) is 22.5 Å². The average Bonchev–Trinajstić information content (AvgIpc) is 2.30. The van der Waals surface area contributed by atoms with Crippen molar-refractivity contribution in [2.45, 2.75) is 26.7 Å². The second-order valence-electron chi connectivity index (χ2n) is 5.70. The number of methoxy groups -OCH3 is 1. The van der Waals surface area contributed by atoms with Crippen LogP contribution in [0.1, 0.15) is 26.7 Å². The van der Waals surface area contributed by atoms with Crippen molar-refractivity contribution in [3.8, 4) is 5.75 Å². The topological polar surface area (TPSA) is 38.5 Å². The number of benzene rings is 1. The van der Waals surface area contributed by atoms with Gasteiger partial charge in [0.15, 0.2) is 0 Å². The van der Waals surface area contributed by atoms with Crippen molar-refractivity contribution in [2.75, 3.05) is 30.8 Å². The second-order valence-corrected chi connectivity index (χ2v) is 5.70. The number of halogens is 1. The minimum Gasteiger partial charge on any atom is -0.495 e. The molecule has 0 spiro atoms. The normalized spacial score (nSPS) is 18.8. The summed E-state index contributed by atoms with van der Waals surface area (Å²) in [5, 5.41) is 0. The van der Waals surface area contributed by atoms with Crippen LogP contribution < -0.4 is 15.4 Å². The zero-order chi connectivity index (χ0) is 13.3. The van der Waals surface area contributed by atoms with Crippen LogP contribution in [0.3, 0.4) is 0 Å². The molecule has 1 heterocycles. The standard InChI is InChI=1S/C14H21FN2O/c1-14(2)4-6-17(7-5-14)12-9-13(18-3)11(16)8-10(12)15/h8-9H,4-7,16H2,1-3H3. The smallest absolute Gasteiger partial charge is 0.148 e. The van der Waals surface area contributed by atoms with Crippen LogP contribution in [0, 0.1) is 11.2 Å². The van der Waals surface area contributed by atoms with E-state index in [0.717, 1.165) is 25.9 Å². The van der Waals surface area contributed by atoms with Gasteiger partial charge in [-0.25, -0.2) is 4.39 Å². The number of nitrogens with two attached hydrogens (primary N) is 1. The van der Waals surface area contributed by atoms with Crippen LogP contribution in [-0.2, 0) is 0 Å². The maximum Gasteiger partial charge on any atom is 0.148 e. The lowest BCUT2D eigenvalue weighted by Crippen LogP contribution is -2.37. The maximum absolute atomic E-state index is 14.0. The summed E-state index contributed by atoms with van der Waals surface area (Å²) in [6.45, 7) is 6.25. The van der Waals surface area contributed by atoms with Crippen molar-refractivity contribution in [1.82, 2.24) is 0 Å². The van der Waals surface area contributed by atoms with Crippen molar-refractivity contribution < 1.29 is 9.13 Å². The monoisotopic (exact) mass is 252 g/mol. The van der Waals surface area contributed by atoms with Gasteiger partial charge < -0.3 is 15.4 Å². The largest absolute Gasteiger partial charge is 0.495 e. The van der Waals surface area contributed by atoms with Gasteiger partial charge in [-0.05, 0) is 18.3 Å². The average molecular weight is 252 g/mol. The van der Waals surface area contributed by atoms with Gasteiger partial charge in [-0.1, -0.05) is 13.8 Å². The van der Waals surface area contributed by atoms with Gasteiger partial charge in [-0.2, -0.15) is 0 Å². The number of nitrogen functional groups attached to an aromatic ring is 1. The summed E-state index contributed by atoms with van der Waals surface area (Å²) in [5.41, 5.74) is 6.98. The van der Waals surface area contributed by atoms with Gasteiger partial charge in [0.05, 0.1) is 18.5 Å². The molecule has 0 amide bonds. The summed E-state index contributed by atoms with van der Waals surface area (Å²) in [4.78, 5) is 2.07. The summed E-state index contributed by atoms with van der Waals surface area (Å²) in [6.07, 6.45) is 2.14. The quantitative estimate of drug-likeness (QED) is 0.822. The fourth-order valence-corrected chi connectivity index (χ4v) is 2.33. The van der Waals surface area contributed by atoms with Crippen LogP contribution in [-0.4, -0.2) is 20.2 Å². The minimum atomic E-state index is -0.270. The molecule has 1 aromatic rings. The predicted octanol–water partition coefficient (Wildman–Crippen LogP) is 3.04. The van der Waals surface area contributed by atoms with E-state index in [1.165, 1.54) is 6.07 Å². The summed E-state index contributed by atoms with van der Waals surface area (Å²) < 4.78 is 19.1. The zero-order valence-electron chi connectivity index (χ0n) is 11.3. The Morgan fingerprint density at radius 2 is 1.89 bits per heavy atom. The lowest BCUT2D eigenvalue weighted by molar-refractivity contribution is 0.279. The Morgan fingerprint density at radius 3 is 2.44 bits per heavy atom. The van der Waals surface area contributed by atoms with Crippen molar-refractivity contribution in [3.63, 3.8) is 0 Å². The molecule has 1 fully saturated rings. The van der Waals surface area contributed by atoms with E-state index >= 15 is 0 Å². The third-order valence-electron chi connectivity index (χ3n) is 3.76. The van der Waals surface area contributed by atoms with Crippen LogP contribution in [0.15, 0.2) is 12.1 Å². The number of hydrogen-bond donors (Lipinski definition) is 1. The molecule has 0 unspecified atom stereocenters. The molecule has 2 N–H and O–H groups in total. The molecule has 3 nitrogen and oxygen atoms in total. The highest BCUT2D eigenvalue weighted by molar-refractivity contribution is 5.63. The number of nitrogens with zero attached hydrogens (tertiary/aromatic N) is 1. The first-order chi connectivity index (χ1) is 8.43. The Morgan fingerprint density at radius 1 is 1.28 bits per heavy atom. The van der Waals surface area contributed by atoms with Gasteiger partial charge in [-0.3, -0.25) is 0 Å². The molecule has 1 aromatic carbocycles. The third kappa shape index (κ3) is 2.52. The summed E-state index contributed by atoms with van der Waals surface area (Å²) in [5.74, 6) is 0.268. The molecule has 100 valence electrons. The van der Waals surface area contributed by atoms with E-state index in [1.54, 1.807) is 13.2 Å². The fourth-order valence-electron chi connectivity index (χ4n) is 2.33. The molecule has 0 aliphatic carbocycles. The van der Waals surface area contributed by atoms with Crippen molar-refractivity contribution in [3.05, 3.63) is 17.9 Å². The van der Waals surface area contributed by atoms with Crippen LogP contribution in [0.25, 0.3) is 0 Å². The molecule has 0 bridgehead atoms. The molecule has 1 aliphatic heterocycles. The Kier molecular flexibility index (Phi) is 3.37. The zero-order valence-corrected chi connectivity index (χ0v) is 11.3. The van der Waals surface area contributed by atoms with E-state index in [4.69, 9.17) is 10.5 Å². The number of rotatable bonds is 2. The Labute approximate surface area is 108 Å². The van der Waals surface area contributed by atoms with E-state index in [9.17, 15) is 4.39 Å². The highest BCUT2D eigenvalue weighted by Gasteiger charge is 2.27. The first-order valence-corrected chi connectivity index (χ1v) is 6.31. The van der Waals surface area contributed by atoms with Crippen LogP contribution in [0.2, 0.25) is 0 Å². The third-order valence-corrected chi connectivity index (χ3v) is 3.76. The summed E-state index contributed by atoms with van der Waals surface area (Å²) in [7, 11) is 1.55.